The highest BCUT2D eigenvalue weighted by Crippen LogP contribution is 2.51. The summed E-state index contributed by atoms with van der Waals surface area (Å²) < 4.78 is 13.9. The van der Waals surface area contributed by atoms with Gasteiger partial charge in [-0.2, -0.15) is 0 Å². The van der Waals surface area contributed by atoms with Crippen LogP contribution in [0.3, 0.4) is 0 Å². The molecule has 2 aromatic heterocycles. The molecular weight excluding hydrogens is 678 g/mol. The van der Waals surface area contributed by atoms with E-state index in [1.54, 1.807) is 12.1 Å². The van der Waals surface area contributed by atoms with Crippen LogP contribution in [0.25, 0.3) is 67.3 Å². The van der Waals surface area contributed by atoms with Crippen LogP contribution in [0.15, 0.2) is 164 Å². The molecule has 8 aromatic rings. The van der Waals surface area contributed by atoms with Crippen molar-refractivity contribution < 1.29 is 9.71 Å². The van der Waals surface area contributed by atoms with Gasteiger partial charge in [-0.05, 0) is 87.5 Å². The molecule has 9 rings (SSSR count). The molecule has 264 valence electrons. The van der Waals surface area contributed by atoms with E-state index in [9.17, 15) is 4.39 Å². The Labute approximate surface area is 319 Å². The average Bonchev–Trinajstić information content (AvgIpc) is 3.47. The fraction of sp³-hybridized carbons (Fsp3) is 0.0612. The number of para-hydroxylation sites is 1. The van der Waals surface area contributed by atoms with E-state index >= 15 is 0 Å². The maximum atomic E-state index is 13.9. The summed E-state index contributed by atoms with van der Waals surface area (Å²) in [7, 11) is 0. The van der Waals surface area contributed by atoms with Crippen LogP contribution in [0, 0.1) is 11.2 Å². The number of benzene rings is 6. The molecule has 0 aliphatic heterocycles. The minimum Gasteiger partial charge on any atom is -0.308 e. The van der Waals surface area contributed by atoms with Crippen molar-refractivity contribution in [2.24, 2.45) is 0 Å². The van der Waals surface area contributed by atoms with Crippen molar-refractivity contribution in [3.8, 4) is 67.3 Å². The standard InChI is InChI=1S/C49H36FN5/c1-49(2)43-26-23-37(27-40(43)42-30-52-48(41(29-51)46(42)49)53-39-11-7-4-8-12-39)33-13-17-34(18-14-33)44-28-45(35-21-24-38(50)25-22-35)55-47(54-44)36-19-15-32(16-20-36)31-9-5-3-6-10-31/h3-30,51H,1-2H3,(H,52,53)/p+1. The monoisotopic (exact) mass is 714 g/mol. The molecule has 0 unspecified atom stereocenters. The van der Waals surface area contributed by atoms with Gasteiger partial charge in [-0.15, -0.1) is 0 Å². The predicted octanol–water partition coefficient (Wildman–Crippen LogP) is 11.2. The van der Waals surface area contributed by atoms with Gasteiger partial charge in [-0.25, -0.2) is 19.3 Å². The van der Waals surface area contributed by atoms with Gasteiger partial charge in [-0.1, -0.05) is 123 Å². The number of nitrogens with one attached hydrogen (secondary N) is 1. The largest absolute Gasteiger partial charge is 0.308 e. The van der Waals surface area contributed by atoms with Crippen LogP contribution < -0.4 is 5.32 Å². The Morgan fingerprint density at radius 3 is 1.73 bits per heavy atom. The van der Waals surface area contributed by atoms with Gasteiger partial charge < -0.3 is 5.41 Å². The zero-order valence-corrected chi connectivity index (χ0v) is 30.5. The third kappa shape index (κ3) is 6.33. The van der Waals surface area contributed by atoms with Crippen molar-refractivity contribution in [3.05, 3.63) is 186 Å². The normalized spacial score (nSPS) is 12.6. The molecule has 0 radical (unpaired) electrons. The maximum absolute atomic E-state index is 13.9. The number of halogens is 1. The second-order valence-electron chi connectivity index (χ2n) is 14.4. The molecule has 0 amide bonds. The third-order valence-corrected chi connectivity index (χ3v) is 10.6. The number of nitrogens with zero attached hydrogens (tertiary/aromatic N) is 3. The minimum absolute atomic E-state index is 0.290. The topological polar surface area (TPSA) is 79.1 Å². The molecule has 5 nitrogen and oxygen atoms in total. The highest BCUT2D eigenvalue weighted by Gasteiger charge is 2.39. The summed E-state index contributed by atoms with van der Waals surface area (Å²) in [5, 5.41) is 10.5. The maximum Gasteiger partial charge on any atom is 0.238 e. The number of quaternary nitrogens is 1. The first-order chi connectivity index (χ1) is 26.9. The van der Waals surface area contributed by atoms with Crippen LogP contribution in [0.2, 0.25) is 0 Å². The van der Waals surface area contributed by atoms with E-state index in [-0.39, 0.29) is 11.2 Å². The lowest BCUT2D eigenvalue weighted by atomic mass is 9.80. The smallest absolute Gasteiger partial charge is 0.238 e. The zero-order valence-electron chi connectivity index (χ0n) is 30.5. The van der Waals surface area contributed by atoms with Gasteiger partial charge in [-0.3, -0.25) is 5.32 Å². The molecule has 0 saturated carbocycles. The van der Waals surface area contributed by atoms with Crippen molar-refractivity contribution >= 4 is 17.7 Å². The van der Waals surface area contributed by atoms with Gasteiger partial charge >= 0.3 is 0 Å². The van der Waals surface area contributed by atoms with Crippen molar-refractivity contribution in [2.45, 2.75) is 19.3 Å². The summed E-state index contributed by atoms with van der Waals surface area (Å²) in [6.45, 7) is 4.47. The molecule has 0 atom stereocenters. The Kier molecular flexibility index (Phi) is 8.53. The van der Waals surface area contributed by atoms with E-state index < -0.39 is 0 Å². The van der Waals surface area contributed by atoms with E-state index in [1.165, 1.54) is 23.9 Å². The summed E-state index contributed by atoms with van der Waals surface area (Å²) in [5.74, 6) is 1.11. The van der Waals surface area contributed by atoms with Gasteiger partial charge in [0.25, 0.3) is 0 Å². The summed E-state index contributed by atoms with van der Waals surface area (Å²) >= 11 is 0. The number of aromatic nitrogens is 3. The fourth-order valence-corrected chi connectivity index (χ4v) is 7.78. The highest BCUT2D eigenvalue weighted by atomic mass is 19.1. The molecule has 0 spiro atoms. The molecule has 1 aliphatic carbocycles. The molecule has 6 heteroatoms. The second-order valence-corrected chi connectivity index (χ2v) is 14.4. The van der Waals surface area contributed by atoms with E-state index in [0.717, 1.165) is 84.1 Å². The van der Waals surface area contributed by atoms with Gasteiger partial charge in [0.05, 0.1) is 17.0 Å². The van der Waals surface area contributed by atoms with Gasteiger partial charge in [0.2, 0.25) is 5.82 Å². The summed E-state index contributed by atoms with van der Waals surface area (Å²) in [5.41, 5.74) is 14.8. The molecule has 0 bridgehead atoms. The van der Waals surface area contributed by atoms with Gasteiger partial charge in [0, 0.05) is 40.1 Å². The Hall–Kier alpha value is -6.89. The van der Waals surface area contributed by atoms with Crippen LogP contribution in [0.5, 0.6) is 0 Å². The molecule has 3 N–H and O–H groups in total. The first-order valence-electron chi connectivity index (χ1n) is 18.4. The Morgan fingerprint density at radius 2 is 1.09 bits per heavy atom. The van der Waals surface area contributed by atoms with Crippen molar-refractivity contribution in [1.82, 2.24) is 15.0 Å². The molecule has 0 fully saturated rings. The summed E-state index contributed by atoms with van der Waals surface area (Å²) in [6.07, 6.45) is 3.42. The van der Waals surface area contributed by atoms with Gasteiger partial charge in [0.15, 0.2) is 5.82 Å². The number of hydrogen-bond acceptors (Lipinski definition) is 4. The second kappa shape index (κ2) is 13.8. The number of fused-ring (bicyclic) bond motifs is 3. The number of nitrogens with two attached hydrogens (primary N) is 1. The Morgan fingerprint density at radius 1 is 0.564 bits per heavy atom. The molecule has 1 aliphatic rings. The molecule has 55 heavy (non-hydrogen) atoms. The van der Waals surface area contributed by atoms with Crippen LogP contribution in [0.1, 0.15) is 30.5 Å². The van der Waals surface area contributed by atoms with E-state index in [1.807, 2.05) is 48.7 Å². The van der Waals surface area contributed by atoms with Crippen LogP contribution >= 0.6 is 0 Å². The average molecular weight is 715 g/mol. The fourth-order valence-electron chi connectivity index (χ4n) is 7.78. The van der Waals surface area contributed by atoms with E-state index in [4.69, 9.17) is 20.4 Å². The van der Waals surface area contributed by atoms with Gasteiger partial charge in [0.1, 0.15) is 11.5 Å². The van der Waals surface area contributed by atoms with E-state index in [0.29, 0.717) is 5.82 Å². The van der Waals surface area contributed by atoms with Crippen molar-refractivity contribution in [1.29, 1.82) is 5.41 Å². The number of hydrogen-bond donors (Lipinski definition) is 2. The minimum atomic E-state index is -0.295. The lowest BCUT2D eigenvalue weighted by Crippen LogP contribution is -2.72. The van der Waals surface area contributed by atoms with Crippen molar-refractivity contribution in [3.63, 3.8) is 0 Å². The van der Waals surface area contributed by atoms with Crippen molar-refractivity contribution in [2.75, 3.05) is 0 Å². The summed E-state index contributed by atoms with van der Waals surface area (Å²) in [4.78, 5) is 14.9. The number of pyridine rings is 1. The van der Waals surface area contributed by atoms with Crippen LogP contribution in [-0.2, 0) is 5.41 Å². The van der Waals surface area contributed by atoms with Crippen LogP contribution in [0.4, 0.5) is 15.9 Å². The number of rotatable bonds is 8. The quantitative estimate of drug-likeness (QED) is 0.121. The third-order valence-electron chi connectivity index (χ3n) is 10.6. The Bertz CT molecular complexity index is 2690. The summed E-state index contributed by atoms with van der Waals surface area (Å²) in [6, 6.07) is 52.2. The first kappa shape index (κ1) is 33.9. The Balaban J connectivity index is 1.06. The lowest BCUT2D eigenvalue weighted by molar-refractivity contribution is -0.483. The SMILES string of the molecule is CC1(C)c2ccc(-c3ccc(-c4cc(-c5ccc(F)cc5)nc(-c5ccc(-c6ccccc6)cc5)n4)cc3)cc2-c2cnc([NH2+]c3ccccc3)c(C=N)c21. The van der Waals surface area contributed by atoms with E-state index in [2.05, 4.69) is 110 Å². The highest BCUT2D eigenvalue weighted by molar-refractivity contribution is 5.94. The van der Waals surface area contributed by atoms with Crippen LogP contribution in [-0.4, -0.2) is 21.2 Å². The molecular formula is C49H37FN5+. The zero-order chi connectivity index (χ0) is 37.5. The lowest BCUT2D eigenvalue weighted by Gasteiger charge is -2.23. The predicted molar refractivity (Wildman–Crippen MR) is 220 cm³/mol. The molecule has 6 aromatic carbocycles. The molecule has 0 saturated heterocycles. The molecule has 2 heterocycles. The first-order valence-corrected chi connectivity index (χ1v) is 18.4.